The van der Waals surface area contributed by atoms with Gasteiger partial charge in [0.2, 0.25) is 4.96 Å². The van der Waals surface area contributed by atoms with Crippen molar-refractivity contribution < 1.29 is 0 Å². The van der Waals surface area contributed by atoms with E-state index >= 15 is 0 Å². The quantitative estimate of drug-likeness (QED) is 0.778. The summed E-state index contributed by atoms with van der Waals surface area (Å²) in [5, 5.41) is 5.55. The molecule has 0 aliphatic carbocycles. The van der Waals surface area contributed by atoms with Gasteiger partial charge in [-0.1, -0.05) is 31.6 Å². The second-order valence-electron chi connectivity index (χ2n) is 3.42. The summed E-state index contributed by atoms with van der Waals surface area (Å²) in [6.45, 7) is 6.38. The van der Waals surface area contributed by atoms with E-state index in [1.807, 2.05) is 11.4 Å². The van der Waals surface area contributed by atoms with Crippen molar-refractivity contribution in [1.82, 2.24) is 14.6 Å². The van der Waals surface area contributed by atoms with Crippen molar-refractivity contribution >= 4 is 16.3 Å². The first-order chi connectivity index (χ1) is 6.76. The molecule has 0 aliphatic heterocycles. The highest BCUT2D eigenvalue weighted by atomic mass is 32.1. The maximum Gasteiger partial charge on any atom is 0.212 e. The third-order valence-corrected chi connectivity index (χ3v) is 3.13. The van der Waals surface area contributed by atoms with Crippen LogP contribution in [0.15, 0.2) is 0 Å². The molecular formula is C10H15N3S. The number of hydrogen-bond donors (Lipinski definition) is 0. The Kier molecular flexibility index (Phi) is 2.54. The van der Waals surface area contributed by atoms with E-state index in [-0.39, 0.29) is 0 Å². The fraction of sp³-hybridized carbons (Fsp3) is 0.600. The van der Waals surface area contributed by atoms with Gasteiger partial charge in [-0.25, -0.2) is 9.50 Å². The molecule has 2 rings (SSSR count). The largest absolute Gasteiger partial charge is 0.222 e. The summed E-state index contributed by atoms with van der Waals surface area (Å²) >= 11 is 1.67. The SMILES string of the molecule is CCCc1nc2sc(C)nn2c1CC. The summed E-state index contributed by atoms with van der Waals surface area (Å²) < 4.78 is 2.00. The van der Waals surface area contributed by atoms with Gasteiger partial charge in [0, 0.05) is 0 Å². The highest BCUT2D eigenvalue weighted by Crippen LogP contribution is 2.19. The summed E-state index contributed by atoms with van der Waals surface area (Å²) in [6.07, 6.45) is 3.23. The van der Waals surface area contributed by atoms with Crippen LogP contribution in [0.3, 0.4) is 0 Å². The topological polar surface area (TPSA) is 30.2 Å². The van der Waals surface area contributed by atoms with Gasteiger partial charge in [0.1, 0.15) is 5.01 Å². The van der Waals surface area contributed by atoms with Crippen molar-refractivity contribution in [3.8, 4) is 0 Å². The van der Waals surface area contributed by atoms with E-state index in [2.05, 4.69) is 23.9 Å². The first-order valence-corrected chi connectivity index (χ1v) is 5.91. The number of nitrogens with zero attached hydrogens (tertiary/aromatic N) is 3. The molecule has 76 valence electrons. The zero-order valence-electron chi connectivity index (χ0n) is 8.87. The van der Waals surface area contributed by atoms with Crippen LogP contribution in [-0.2, 0) is 12.8 Å². The number of aromatic nitrogens is 3. The van der Waals surface area contributed by atoms with Crippen molar-refractivity contribution in [1.29, 1.82) is 0 Å². The van der Waals surface area contributed by atoms with E-state index in [9.17, 15) is 0 Å². The molecule has 0 N–H and O–H groups in total. The Morgan fingerprint density at radius 3 is 2.79 bits per heavy atom. The van der Waals surface area contributed by atoms with Crippen LogP contribution in [0.2, 0.25) is 0 Å². The lowest BCUT2D eigenvalue weighted by Crippen LogP contribution is -1.96. The van der Waals surface area contributed by atoms with Crippen LogP contribution in [0.5, 0.6) is 0 Å². The Labute approximate surface area is 87.8 Å². The highest BCUT2D eigenvalue weighted by Gasteiger charge is 2.12. The summed E-state index contributed by atoms with van der Waals surface area (Å²) in [4.78, 5) is 5.66. The fourth-order valence-corrected chi connectivity index (χ4v) is 2.50. The monoisotopic (exact) mass is 209 g/mol. The predicted molar refractivity (Wildman–Crippen MR) is 59.0 cm³/mol. The highest BCUT2D eigenvalue weighted by molar-refractivity contribution is 7.16. The molecule has 0 atom stereocenters. The molecule has 2 aromatic rings. The molecule has 0 aromatic carbocycles. The van der Waals surface area contributed by atoms with Gasteiger partial charge in [-0.2, -0.15) is 5.10 Å². The standard InChI is InChI=1S/C10H15N3S/c1-4-6-8-9(5-2)13-10(11-8)14-7(3)12-13/h4-6H2,1-3H3. The van der Waals surface area contributed by atoms with E-state index in [4.69, 9.17) is 0 Å². The molecule has 2 aromatic heterocycles. The van der Waals surface area contributed by atoms with Gasteiger partial charge >= 0.3 is 0 Å². The number of fused-ring (bicyclic) bond motifs is 1. The van der Waals surface area contributed by atoms with Gasteiger partial charge in [0.15, 0.2) is 0 Å². The van der Waals surface area contributed by atoms with Gasteiger partial charge in [0.05, 0.1) is 11.4 Å². The Morgan fingerprint density at radius 2 is 2.14 bits per heavy atom. The average molecular weight is 209 g/mol. The maximum atomic E-state index is 4.61. The minimum absolute atomic E-state index is 1.01. The number of hydrogen-bond acceptors (Lipinski definition) is 3. The van der Waals surface area contributed by atoms with Gasteiger partial charge in [-0.3, -0.25) is 0 Å². The molecule has 14 heavy (non-hydrogen) atoms. The van der Waals surface area contributed by atoms with Crippen LogP contribution in [0.25, 0.3) is 4.96 Å². The molecular weight excluding hydrogens is 194 g/mol. The van der Waals surface area contributed by atoms with E-state index in [1.165, 1.54) is 11.4 Å². The van der Waals surface area contributed by atoms with Gasteiger partial charge in [-0.15, -0.1) is 0 Å². The Hall–Kier alpha value is -0.900. The molecule has 0 spiro atoms. The summed E-state index contributed by atoms with van der Waals surface area (Å²) in [6, 6.07) is 0. The molecule has 0 bridgehead atoms. The minimum Gasteiger partial charge on any atom is -0.222 e. The first-order valence-electron chi connectivity index (χ1n) is 5.10. The van der Waals surface area contributed by atoms with E-state index in [0.717, 1.165) is 29.2 Å². The first kappa shape index (κ1) is 9.65. The lowest BCUT2D eigenvalue weighted by molar-refractivity contribution is 0.822. The Morgan fingerprint density at radius 1 is 1.36 bits per heavy atom. The van der Waals surface area contributed by atoms with Crippen molar-refractivity contribution in [2.75, 3.05) is 0 Å². The zero-order valence-corrected chi connectivity index (χ0v) is 9.69. The van der Waals surface area contributed by atoms with Crippen LogP contribution < -0.4 is 0 Å². The molecule has 2 heterocycles. The summed E-state index contributed by atoms with van der Waals surface area (Å²) in [7, 11) is 0. The van der Waals surface area contributed by atoms with Crippen molar-refractivity contribution in [3.05, 3.63) is 16.4 Å². The molecule has 4 heteroatoms. The van der Waals surface area contributed by atoms with Gasteiger partial charge in [-0.05, 0) is 19.8 Å². The van der Waals surface area contributed by atoms with Crippen LogP contribution in [0.4, 0.5) is 0 Å². The molecule has 3 nitrogen and oxygen atoms in total. The van der Waals surface area contributed by atoms with Crippen molar-refractivity contribution in [2.24, 2.45) is 0 Å². The molecule has 0 aliphatic rings. The fourth-order valence-electron chi connectivity index (χ4n) is 1.72. The second-order valence-corrected chi connectivity index (χ2v) is 4.58. The van der Waals surface area contributed by atoms with Crippen LogP contribution >= 0.6 is 11.3 Å². The van der Waals surface area contributed by atoms with E-state index in [0.29, 0.717) is 0 Å². The second kappa shape index (κ2) is 3.69. The van der Waals surface area contributed by atoms with E-state index < -0.39 is 0 Å². The normalized spacial score (nSPS) is 11.4. The lowest BCUT2D eigenvalue weighted by Gasteiger charge is -1.97. The zero-order chi connectivity index (χ0) is 10.1. The van der Waals surface area contributed by atoms with Crippen molar-refractivity contribution in [2.45, 2.75) is 40.0 Å². The summed E-state index contributed by atoms with van der Waals surface area (Å²) in [5.74, 6) is 0. The average Bonchev–Trinajstić information content (AvgIpc) is 2.61. The Balaban J connectivity index is 2.56. The third kappa shape index (κ3) is 1.43. The van der Waals surface area contributed by atoms with Crippen LogP contribution in [-0.4, -0.2) is 14.6 Å². The third-order valence-electron chi connectivity index (χ3n) is 2.30. The number of imidazole rings is 1. The smallest absolute Gasteiger partial charge is 0.212 e. The molecule has 0 unspecified atom stereocenters. The minimum atomic E-state index is 1.01. The Bertz CT molecular complexity index is 441. The van der Waals surface area contributed by atoms with Crippen molar-refractivity contribution in [3.63, 3.8) is 0 Å². The van der Waals surface area contributed by atoms with Crippen LogP contribution in [0, 0.1) is 6.92 Å². The summed E-state index contributed by atoms with van der Waals surface area (Å²) in [5.41, 5.74) is 2.51. The molecule has 0 amide bonds. The van der Waals surface area contributed by atoms with E-state index in [1.54, 1.807) is 11.3 Å². The van der Waals surface area contributed by atoms with Gasteiger partial charge in [0.25, 0.3) is 0 Å². The van der Waals surface area contributed by atoms with Gasteiger partial charge < -0.3 is 0 Å². The molecule has 0 fully saturated rings. The predicted octanol–water partition coefficient (Wildman–Crippen LogP) is 2.61. The van der Waals surface area contributed by atoms with Crippen LogP contribution in [0.1, 0.15) is 36.7 Å². The lowest BCUT2D eigenvalue weighted by atomic mass is 10.2. The number of rotatable bonds is 3. The molecule has 0 saturated heterocycles. The number of aryl methyl sites for hydroxylation is 3. The maximum absolute atomic E-state index is 4.61. The molecule has 0 saturated carbocycles. The molecule has 0 radical (unpaired) electrons.